The summed E-state index contributed by atoms with van der Waals surface area (Å²) in [6.45, 7) is 0.121. The molecule has 0 saturated heterocycles. The van der Waals surface area contributed by atoms with Gasteiger partial charge in [-0.15, -0.1) is 0 Å². The monoisotopic (exact) mass is 282 g/mol. The van der Waals surface area contributed by atoms with Gasteiger partial charge in [-0.25, -0.2) is 4.79 Å². The SMILES string of the molecule is O=C(O)c1nn(Cc2ccncc2Cl)cc1[N+](=O)[O-]. The Morgan fingerprint density at radius 1 is 1.58 bits per heavy atom. The molecule has 0 aliphatic rings. The van der Waals surface area contributed by atoms with Gasteiger partial charge in [0.25, 0.3) is 0 Å². The number of carboxylic acid groups (broad SMARTS) is 1. The van der Waals surface area contributed by atoms with E-state index in [1.54, 1.807) is 6.07 Å². The van der Waals surface area contributed by atoms with Crippen LogP contribution in [0.1, 0.15) is 16.1 Å². The summed E-state index contributed by atoms with van der Waals surface area (Å²) < 4.78 is 1.16. The van der Waals surface area contributed by atoms with Crippen molar-refractivity contribution >= 4 is 23.3 Å². The second-order valence-corrected chi connectivity index (χ2v) is 4.00. The smallest absolute Gasteiger partial charge is 0.363 e. The van der Waals surface area contributed by atoms with Gasteiger partial charge in [0.1, 0.15) is 6.20 Å². The highest BCUT2D eigenvalue weighted by molar-refractivity contribution is 6.31. The molecular formula is C10H7ClN4O4. The van der Waals surface area contributed by atoms with Crippen molar-refractivity contribution in [1.82, 2.24) is 14.8 Å². The highest BCUT2D eigenvalue weighted by Crippen LogP contribution is 2.19. The Hall–Kier alpha value is -2.48. The van der Waals surface area contributed by atoms with Crippen molar-refractivity contribution in [3.63, 3.8) is 0 Å². The van der Waals surface area contributed by atoms with E-state index in [0.29, 0.717) is 10.6 Å². The summed E-state index contributed by atoms with van der Waals surface area (Å²) >= 11 is 5.89. The topological polar surface area (TPSA) is 111 Å². The normalized spacial score (nSPS) is 10.4. The van der Waals surface area contributed by atoms with Gasteiger partial charge in [-0.1, -0.05) is 11.6 Å². The molecule has 19 heavy (non-hydrogen) atoms. The Balaban J connectivity index is 2.37. The molecule has 98 valence electrons. The first-order chi connectivity index (χ1) is 8.99. The van der Waals surface area contributed by atoms with Gasteiger partial charge in [-0.05, 0) is 11.6 Å². The summed E-state index contributed by atoms with van der Waals surface area (Å²) in [4.78, 5) is 24.6. The number of halogens is 1. The standard InChI is InChI=1S/C10H7ClN4O4/c11-7-3-12-2-1-6(7)4-14-5-8(15(18)19)9(13-14)10(16)17/h1-3,5H,4H2,(H,16,17). The van der Waals surface area contributed by atoms with Crippen LogP contribution in [0.15, 0.2) is 24.7 Å². The molecule has 9 heteroatoms. The molecule has 0 amide bonds. The molecule has 2 aromatic heterocycles. The van der Waals surface area contributed by atoms with Crippen LogP contribution in [0.5, 0.6) is 0 Å². The van der Waals surface area contributed by atoms with Crippen LogP contribution in [0, 0.1) is 10.1 Å². The summed E-state index contributed by atoms with van der Waals surface area (Å²) in [5, 5.41) is 23.6. The average Bonchev–Trinajstić information content (AvgIpc) is 2.76. The quantitative estimate of drug-likeness (QED) is 0.673. The predicted molar refractivity (Wildman–Crippen MR) is 64.2 cm³/mol. The van der Waals surface area contributed by atoms with Crippen LogP contribution in [0.3, 0.4) is 0 Å². The molecule has 0 unspecified atom stereocenters. The average molecular weight is 283 g/mol. The Morgan fingerprint density at radius 3 is 2.84 bits per heavy atom. The summed E-state index contributed by atoms with van der Waals surface area (Å²) in [6, 6.07) is 1.62. The summed E-state index contributed by atoms with van der Waals surface area (Å²) in [5.74, 6) is -1.45. The largest absolute Gasteiger partial charge is 0.476 e. The molecule has 0 fully saturated rings. The number of rotatable bonds is 4. The van der Waals surface area contributed by atoms with Crippen molar-refractivity contribution < 1.29 is 14.8 Å². The number of pyridine rings is 1. The lowest BCUT2D eigenvalue weighted by Crippen LogP contribution is -2.05. The van der Waals surface area contributed by atoms with Crippen molar-refractivity contribution in [2.75, 3.05) is 0 Å². The van der Waals surface area contributed by atoms with Crippen molar-refractivity contribution in [3.8, 4) is 0 Å². The van der Waals surface area contributed by atoms with Crippen molar-refractivity contribution in [3.05, 3.63) is 51.1 Å². The molecule has 0 saturated carbocycles. The fourth-order valence-electron chi connectivity index (χ4n) is 1.48. The molecule has 8 nitrogen and oxygen atoms in total. The molecule has 0 spiro atoms. The summed E-state index contributed by atoms with van der Waals surface area (Å²) in [6.07, 6.45) is 3.99. The van der Waals surface area contributed by atoms with E-state index in [1.807, 2.05) is 0 Å². The van der Waals surface area contributed by atoms with Crippen LogP contribution in [0.2, 0.25) is 5.02 Å². The third-order valence-corrected chi connectivity index (χ3v) is 2.67. The van der Waals surface area contributed by atoms with Gasteiger partial charge >= 0.3 is 11.7 Å². The number of carboxylic acids is 1. The number of aromatic nitrogens is 3. The summed E-state index contributed by atoms with van der Waals surface area (Å²) in [7, 11) is 0. The molecule has 2 heterocycles. The van der Waals surface area contributed by atoms with Crippen LogP contribution < -0.4 is 0 Å². The molecule has 0 radical (unpaired) electrons. The third kappa shape index (κ3) is 2.68. The van der Waals surface area contributed by atoms with Gasteiger partial charge in [-0.3, -0.25) is 19.8 Å². The lowest BCUT2D eigenvalue weighted by molar-refractivity contribution is -0.385. The van der Waals surface area contributed by atoms with Crippen LogP contribution in [0.4, 0.5) is 5.69 Å². The van der Waals surface area contributed by atoms with E-state index in [1.165, 1.54) is 12.4 Å². The number of hydrogen-bond donors (Lipinski definition) is 1. The zero-order chi connectivity index (χ0) is 14.0. The Morgan fingerprint density at radius 2 is 2.32 bits per heavy atom. The van der Waals surface area contributed by atoms with Crippen molar-refractivity contribution in [2.45, 2.75) is 6.54 Å². The maximum absolute atomic E-state index is 10.8. The van der Waals surface area contributed by atoms with E-state index in [-0.39, 0.29) is 6.54 Å². The fourth-order valence-corrected chi connectivity index (χ4v) is 1.66. The molecule has 0 bridgehead atoms. The van der Waals surface area contributed by atoms with E-state index in [0.717, 1.165) is 10.9 Å². The van der Waals surface area contributed by atoms with E-state index in [4.69, 9.17) is 16.7 Å². The Labute approximate surface area is 111 Å². The maximum Gasteiger partial charge on any atom is 0.363 e. The second kappa shape index (κ2) is 5.02. The molecule has 2 aromatic rings. The summed E-state index contributed by atoms with van der Waals surface area (Å²) in [5.41, 5.74) is -0.529. The number of nitrogens with zero attached hydrogens (tertiary/aromatic N) is 4. The molecule has 2 rings (SSSR count). The molecule has 1 N–H and O–H groups in total. The van der Waals surface area contributed by atoms with Gasteiger partial charge in [0, 0.05) is 12.4 Å². The van der Waals surface area contributed by atoms with Crippen molar-refractivity contribution in [2.24, 2.45) is 0 Å². The molecular weight excluding hydrogens is 276 g/mol. The first kappa shape index (κ1) is 13.0. The highest BCUT2D eigenvalue weighted by atomic mass is 35.5. The Bertz CT molecular complexity index is 623. The molecule has 0 aliphatic carbocycles. The molecule has 0 aliphatic heterocycles. The molecule has 0 aromatic carbocycles. The van der Waals surface area contributed by atoms with Gasteiger partial charge in [0.15, 0.2) is 0 Å². The zero-order valence-corrected chi connectivity index (χ0v) is 10.1. The number of nitro groups is 1. The zero-order valence-electron chi connectivity index (χ0n) is 9.36. The van der Waals surface area contributed by atoms with Gasteiger partial charge < -0.3 is 5.11 Å². The Kier molecular flexibility index (Phi) is 3.43. The minimum absolute atomic E-state index is 0.121. The van der Waals surface area contributed by atoms with Gasteiger partial charge in [-0.2, -0.15) is 5.10 Å². The minimum atomic E-state index is -1.45. The molecule has 0 atom stereocenters. The first-order valence-corrected chi connectivity index (χ1v) is 5.40. The van der Waals surface area contributed by atoms with Crippen LogP contribution in [-0.2, 0) is 6.54 Å². The second-order valence-electron chi connectivity index (χ2n) is 3.59. The van der Waals surface area contributed by atoms with Crippen molar-refractivity contribution in [1.29, 1.82) is 0 Å². The van der Waals surface area contributed by atoms with Crippen LogP contribution >= 0.6 is 11.6 Å². The number of hydrogen-bond acceptors (Lipinski definition) is 5. The van der Waals surface area contributed by atoms with E-state index in [9.17, 15) is 14.9 Å². The fraction of sp³-hybridized carbons (Fsp3) is 0.100. The minimum Gasteiger partial charge on any atom is -0.476 e. The predicted octanol–water partition coefficient (Wildman–Crippen LogP) is 1.59. The lowest BCUT2D eigenvalue weighted by atomic mass is 10.3. The van der Waals surface area contributed by atoms with E-state index >= 15 is 0 Å². The van der Waals surface area contributed by atoms with Gasteiger partial charge in [0.05, 0.1) is 16.5 Å². The number of aromatic carboxylic acids is 1. The van der Waals surface area contributed by atoms with Crippen LogP contribution in [-0.4, -0.2) is 30.8 Å². The highest BCUT2D eigenvalue weighted by Gasteiger charge is 2.25. The van der Waals surface area contributed by atoms with E-state index < -0.39 is 22.3 Å². The maximum atomic E-state index is 10.8. The third-order valence-electron chi connectivity index (χ3n) is 2.33. The van der Waals surface area contributed by atoms with E-state index in [2.05, 4.69) is 10.1 Å². The first-order valence-electron chi connectivity index (χ1n) is 5.02. The van der Waals surface area contributed by atoms with Gasteiger partial charge in [0.2, 0.25) is 5.69 Å². The lowest BCUT2D eigenvalue weighted by Gasteiger charge is -2.02. The van der Waals surface area contributed by atoms with Crippen LogP contribution in [0.25, 0.3) is 0 Å². The number of carbonyl (C=O) groups is 1.